The van der Waals surface area contributed by atoms with Crippen molar-refractivity contribution in [3.05, 3.63) is 59.3 Å². The Morgan fingerprint density at radius 2 is 2.27 bits per heavy atom. The van der Waals surface area contributed by atoms with E-state index >= 15 is 0 Å². The van der Waals surface area contributed by atoms with E-state index in [1.54, 1.807) is 0 Å². The summed E-state index contributed by atoms with van der Waals surface area (Å²) >= 11 is 0. The highest BCUT2D eigenvalue weighted by Gasteiger charge is 2.19. The molecule has 3 aromatic rings. The fraction of sp³-hybridized carbons (Fsp3) is 0.391. The van der Waals surface area contributed by atoms with Crippen molar-refractivity contribution >= 4 is 5.82 Å². The van der Waals surface area contributed by atoms with Crippen LogP contribution in [-0.4, -0.2) is 27.9 Å². The average Bonchev–Trinajstić information content (AvgIpc) is 3.34. The van der Waals surface area contributed by atoms with Gasteiger partial charge in [0.1, 0.15) is 11.9 Å². The number of hydrogen-bond donors (Lipinski definition) is 2. The van der Waals surface area contributed by atoms with Crippen LogP contribution in [0.15, 0.2) is 36.8 Å². The number of halogens is 1. The molecule has 1 aliphatic heterocycles. The van der Waals surface area contributed by atoms with Gasteiger partial charge in [0.25, 0.3) is 0 Å². The molecule has 4 rings (SSSR count). The van der Waals surface area contributed by atoms with Crippen molar-refractivity contribution in [1.82, 2.24) is 20.1 Å². The Balaban J connectivity index is 1.88. The Hall–Kier alpha value is -2.93. The highest BCUT2D eigenvalue weighted by Crippen LogP contribution is 2.33. The zero-order valence-electron chi connectivity index (χ0n) is 30.6. The molecule has 0 aliphatic carbocycles. The Bertz CT molecular complexity index is 1580. The Morgan fingerprint density at radius 3 is 3.03 bits per heavy atom. The smallest absolute Gasteiger partial charge is 0.166 e. The van der Waals surface area contributed by atoms with E-state index in [2.05, 4.69) is 15.4 Å². The number of anilines is 1. The molecule has 1 atom stereocenters. The number of benzene rings is 1. The molecule has 0 bridgehead atoms. The molecule has 0 saturated carbocycles. The summed E-state index contributed by atoms with van der Waals surface area (Å²) < 4.78 is 143. The van der Waals surface area contributed by atoms with E-state index < -0.39 is 85.7 Å². The van der Waals surface area contributed by atoms with Gasteiger partial charge >= 0.3 is 0 Å². The predicted octanol–water partition coefficient (Wildman–Crippen LogP) is 4.35. The third kappa shape index (κ3) is 4.03. The molecule has 7 heteroatoms. The zero-order chi connectivity index (χ0) is 34.1. The standard InChI is InChI=1S/C23H28FN5O/c1-14-4-5-20(24)15(2)22(14)16(3)30-21-10-17(11-27-23(21)25)18-12-28-29(13-18)19-6-8-26-9-7-19/h4-5,10-13,16,19,26H,6-9H2,1-3H3,(H2,25,27)/t16-/m1/s1/i1D3,2D3,3D3,6D2,7D2,11D,19D. The number of aromatic nitrogens is 3. The molecule has 0 amide bonds. The van der Waals surface area contributed by atoms with Gasteiger partial charge in [-0.25, -0.2) is 9.37 Å². The van der Waals surface area contributed by atoms with Crippen LogP contribution in [0, 0.1) is 19.5 Å². The average molecular weight is 425 g/mol. The van der Waals surface area contributed by atoms with Crippen LogP contribution >= 0.6 is 0 Å². The van der Waals surface area contributed by atoms with E-state index in [4.69, 9.17) is 31.0 Å². The lowest BCUT2D eigenvalue weighted by Crippen LogP contribution is -2.29. The second-order valence-electron chi connectivity index (χ2n) is 6.39. The number of ether oxygens (including phenoxy) is 1. The molecule has 3 N–H and O–H groups in total. The summed E-state index contributed by atoms with van der Waals surface area (Å²) in [6.07, 6.45) is -5.63. The van der Waals surface area contributed by atoms with E-state index in [-0.39, 0.29) is 24.2 Å². The molecule has 1 fully saturated rings. The number of pyridine rings is 1. The summed E-state index contributed by atoms with van der Waals surface area (Å²) in [6, 6.07) is -0.182. The second kappa shape index (κ2) is 8.44. The lowest BCUT2D eigenvalue weighted by Gasteiger charge is -2.22. The van der Waals surface area contributed by atoms with Crippen LogP contribution in [0.4, 0.5) is 10.2 Å². The van der Waals surface area contributed by atoms with Gasteiger partial charge in [-0.05, 0) is 69.7 Å². The molecule has 1 aliphatic rings. The summed E-state index contributed by atoms with van der Waals surface area (Å²) in [5.74, 6) is -2.51. The summed E-state index contributed by atoms with van der Waals surface area (Å²) in [7, 11) is 0. The zero-order valence-corrected chi connectivity index (χ0v) is 15.6. The van der Waals surface area contributed by atoms with Crippen LogP contribution in [0.1, 0.15) is 69.0 Å². The fourth-order valence-corrected chi connectivity index (χ4v) is 2.87. The largest absolute Gasteiger partial charge is 0.482 e. The van der Waals surface area contributed by atoms with Gasteiger partial charge in [-0.2, -0.15) is 5.10 Å². The molecular weight excluding hydrogens is 381 g/mol. The Labute approximate surface area is 197 Å². The van der Waals surface area contributed by atoms with E-state index in [9.17, 15) is 4.39 Å². The number of nitrogens with zero attached hydrogens (tertiary/aromatic N) is 3. The second-order valence-corrected chi connectivity index (χ2v) is 6.39. The monoisotopic (exact) mass is 424 g/mol. The van der Waals surface area contributed by atoms with Gasteiger partial charge < -0.3 is 15.8 Å². The van der Waals surface area contributed by atoms with Crippen LogP contribution in [0.2, 0.25) is 0 Å². The van der Waals surface area contributed by atoms with Gasteiger partial charge in [0.2, 0.25) is 0 Å². The third-order valence-corrected chi connectivity index (χ3v) is 4.41. The van der Waals surface area contributed by atoms with Crippen molar-refractivity contribution in [3.63, 3.8) is 0 Å². The van der Waals surface area contributed by atoms with Crippen molar-refractivity contribution in [2.75, 3.05) is 18.8 Å². The number of aryl methyl sites for hydroxylation is 1. The van der Waals surface area contributed by atoms with Crippen molar-refractivity contribution in [2.24, 2.45) is 0 Å². The van der Waals surface area contributed by atoms with E-state index in [1.807, 2.05) is 0 Å². The van der Waals surface area contributed by atoms with Gasteiger partial charge in [0.15, 0.2) is 11.6 Å². The van der Waals surface area contributed by atoms with Crippen molar-refractivity contribution < 1.29 is 29.7 Å². The van der Waals surface area contributed by atoms with Crippen LogP contribution < -0.4 is 15.8 Å². The van der Waals surface area contributed by atoms with Gasteiger partial charge in [0, 0.05) is 46.9 Å². The quantitative estimate of drug-likeness (QED) is 0.637. The number of nitrogens with two attached hydrogens (primary N) is 1. The molecule has 30 heavy (non-hydrogen) atoms. The van der Waals surface area contributed by atoms with Crippen LogP contribution in [0.3, 0.4) is 0 Å². The predicted molar refractivity (Wildman–Crippen MR) is 116 cm³/mol. The van der Waals surface area contributed by atoms with Crippen LogP contribution in [-0.2, 0) is 0 Å². The maximum absolute atomic E-state index is 15.0. The first-order valence-electron chi connectivity index (χ1n) is 16.4. The van der Waals surface area contributed by atoms with Gasteiger partial charge in [-0.1, -0.05) is 6.07 Å². The molecule has 0 unspecified atom stereocenters. The number of piperidine rings is 1. The van der Waals surface area contributed by atoms with E-state index in [0.29, 0.717) is 6.07 Å². The fourth-order valence-electron chi connectivity index (χ4n) is 2.87. The van der Waals surface area contributed by atoms with E-state index in [0.717, 1.165) is 29.2 Å². The molecule has 2 aromatic heterocycles. The van der Waals surface area contributed by atoms with Crippen LogP contribution in [0.5, 0.6) is 5.75 Å². The molecule has 1 aromatic carbocycles. The highest BCUT2D eigenvalue weighted by atomic mass is 19.1. The van der Waals surface area contributed by atoms with Gasteiger partial charge in [-0.15, -0.1) is 0 Å². The Kier molecular flexibility index (Phi) is 2.55. The van der Waals surface area contributed by atoms with Crippen molar-refractivity contribution in [3.8, 4) is 16.9 Å². The topological polar surface area (TPSA) is 78.0 Å². The lowest BCUT2D eigenvalue weighted by molar-refractivity contribution is 0.225. The normalized spacial score (nSPS) is 28.9. The summed E-state index contributed by atoms with van der Waals surface area (Å²) in [4.78, 5) is 3.83. The first kappa shape index (κ1) is 9.06. The number of nitrogens with one attached hydrogen (secondary N) is 1. The molecule has 158 valence electrons. The summed E-state index contributed by atoms with van der Waals surface area (Å²) in [6.45, 7) is -10.4. The number of hydrogen-bond acceptors (Lipinski definition) is 5. The molecule has 0 spiro atoms. The number of nitrogen functional groups attached to an aromatic ring is 1. The van der Waals surface area contributed by atoms with Gasteiger partial charge in [-0.3, -0.25) is 4.68 Å². The SMILES string of the molecule is [2H]c1nc(N)c(O[C@@H](c2c(C([2H])([2H])[2H])ccc(F)c2C([2H])([2H])[2H])C([2H])([2H])[2H])cc1-c1cnn(C2([2H])C([2H])([2H])CNCC2([2H])[2H])c1. The summed E-state index contributed by atoms with van der Waals surface area (Å²) in [5.41, 5.74) is 2.87. The van der Waals surface area contributed by atoms with Crippen LogP contribution in [0.25, 0.3) is 11.1 Å². The Morgan fingerprint density at radius 1 is 1.40 bits per heavy atom. The molecule has 3 heterocycles. The van der Waals surface area contributed by atoms with Crippen molar-refractivity contribution in [1.29, 1.82) is 0 Å². The van der Waals surface area contributed by atoms with Gasteiger partial charge in [0.05, 0.1) is 15.0 Å². The minimum absolute atomic E-state index is 0.00309. The minimum atomic E-state index is -3.31. The molecular formula is C23H28FN5O. The molecule has 6 nitrogen and oxygen atoms in total. The van der Waals surface area contributed by atoms with E-state index in [1.165, 1.54) is 0 Å². The summed E-state index contributed by atoms with van der Waals surface area (Å²) in [5, 5.41) is 6.59. The van der Waals surface area contributed by atoms with Crippen molar-refractivity contribution in [2.45, 2.75) is 45.4 Å². The maximum Gasteiger partial charge on any atom is 0.166 e. The lowest BCUT2D eigenvalue weighted by atomic mass is 9.98. The maximum atomic E-state index is 15.0. The first-order chi connectivity index (χ1) is 20.3. The first-order valence-corrected chi connectivity index (χ1v) is 8.86. The minimum Gasteiger partial charge on any atom is -0.482 e. The number of rotatable bonds is 5. The highest BCUT2D eigenvalue weighted by molar-refractivity contribution is 5.66. The third-order valence-electron chi connectivity index (χ3n) is 4.41. The molecule has 0 radical (unpaired) electrons. The molecule has 1 saturated heterocycles.